The zero-order chi connectivity index (χ0) is 13.9. The minimum absolute atomic E-state index is 0.366. The van der Waals surface area contributed by atoms with Gasteiger partial charge in [0.1, 0.15) is 0 Å². The number of hydrogen-bond donors (Lipinski definition) is 0. The molecule has 1 aromatic rings. The van der Waals surface area contributed by atoms with Crippen LogP contribution in [0.5, 0.6) is 0 Å². The zero-order valence-electron chi connectivity index (χ0n) is 11.6. The summed E-state index contributed by atoms with van der Waals surface area (Å²) in [6.07, 6.45) is 4.27. The van der Waals surface area contributed by atoms with E-state index in [4.69, 9.17) is 27.9 Å². The van der Waals surface area contributed by atoms with Crippen molar-refractivity contribution in [2.75, 3.05) is 13.7 Å². The monoisotopic (exact) mass is 311 g/mol. The van der Waals surface area contributed by atoms with E-state index in [1.54, 1.807) is 0 Å². The molecule has 3 fully saturated rings. The Bertz CT molecular complexity index is 535. The lowest BCUT2D eigenvalue weighted by molar-refractivity contribution is 0.0652. The van der Waals surface area contributed by atoms with Gasteiger partial charge in [0.05, 0.1) is 16.1 Å². The van der Waals surface area contributed by atoms with Crippen LogP contribution in [-0.4, -0.2) is 36.7 Å². The molecule has 0 amide bonds. The van der Waals surface area contributed by atoms with Crippen LogP contribution in [0.4, 0.5) is 0 Å². The molecule has 6 atom stereocenters. The van der Waals surface area contributed by atoms with E-state index in [0.717, 1.165) is 12.6 Å². The van der Waals surface area contributed by atoms with Crippen LogP contribution in [0, 0.1) is 5.92 Å². The van der Waals surface area contributed by atoms with Crippen molar-refractivity contribution in [2.45, 2.75) is 43.4 Å². The largest absolute Gasteiger partial charge is 0.380 e. The lowest BCUT2D eigenvalue weighted by Crippen LogP contribution is -2.41. The predicted molar refractivity (Wildman–Crippen MR) is 81.6 cm³/mol. The smallest absolute Gasteiger partial charge is 0.0747 e. The summed E-state index contributed by atoms with van der Waals surface area (Å²) in [7, 11) is 1.85. The van der Waals surface area contributed by atoms with Crippen LogP contribution in [-0.2, 0) is 4.74 Å². The summed E-state index contributed by atoms with van der Waals surface area (Å²) in [4.78, 5) is 2.69. The highest BCUT2D eigenvalue weighted by Gasteiger charge is 2.55. The summed E-state index contributed by atoms with van der Waals surface area (Å²) < 4.78 is 5.78. The first-order valence-corrected chi connectivity index (χ1v) is 8.18. The van der Waals surface area contributed by atoms with E-state index < -0.39 is 0 Å². The third kappa shape index (κ3) is 1.85. The first-order valence-electron chi connectivity index (χ1n) is 7.42. The SMILES string of the molecule is CO[C@H]1CN2C3CCC2C1C(c1ccc(Cl)c(Cl)c1)C3. The number of piperidine rings is 1. The fraction of sp³-hybridized carbons (Fsp3) is 0.625. The second kappa shape index (κ2) is 4.88. The normalized spacial score (nSPS) is 42.1. The third-order valence-electron chi connectivity index (χ3n) is 5.62. The molecule has 3 aliphatic rings. The van der Waals surface area contributed by atoms with Crippen LogP contribution in [0.25, 0.3) is 0 Å². The Morgan fingerprint density at radius 1 is 1.20 bits per heavy atom. The maximum absolute atomic E-state index is 6.22. The van der Waals surface area contributed by atoms with Gasteiger partial charge in [-0.2, -0.15) is 0 Å². The minimum Gasteiger partial charge on any atom is -0.380 e. The van der Waals surface area contributed by atoms with Crippen molar-refractivity contribution in [3.05, 3.63) is 33.8 Å². The quantitative estimate of drug-likeness (QED) is 0.819. The molecule has 2 nitrogen and oxygen atoms in total. The molecule has 4 heteroatoms. The maximum Gasteiger partial charge on any atom is 0.0747 e. The average Bonchev–Trinajstić information content (AvgIpc) is 2.87. The molecule has 108 valence electrons. The zero-order valence-corrected chi connectivity index (χ0v) is 13.1. The van der Waals surface area contributed by atoms with E-state index in [-0.39, 0.29) is 0 Å². The van der Waals surface area contributed by atoms with E-state index in [0.29, 0.717) is 34.0 Å². The van der Waals surface area contributed by atoms with E-state index in [2.05, 4.69) is 17.0 Å². The van der Waals surface area contributed by atoms with Crippen molar-refractivity contribution in [3.63, 3.8) is 0 Å². The van der Waals surface area contributed by atoms with Gasteiger partial charge in [-0.05, 0) is 42.9 Å². The van der Waals surface area contributed by atoms with Crippen LogP contribution >= 0.6 is 23.2 Å². The third-order valence-corrected chi connectivity index (χ3v) is 6.36. The first kappa shape index (κ1) is 13.4. The van der Waals surface area contributed by atoms with E-state index in [1.165, 1.54) is 24.8 Å². The maximum atomic E-state index is 6.22. The lowest BCUT2D eigenvalue weighted by atomic mass is 9.77. The Kier molecular flexibility index (Phi) is 3.26. The van der Waals surface area contributed by atoms with Crippen LogP contribution < -0.4 is 0 Å². The molecule has 20 heavy (non-hydrogen) atoms. The molecule has 0 spiro atoms. The summed E-state index contributed by atoms with van der Waals surface area (Å²) in [6.45, 7) is 1.11. The van der Waals surface area contributed by atoms with Crippen molar-refractivity contribution in [3.8, 4) is 0 Å². The highest BCUT2D eigenvalue weighted by Crippen LogP contribution is 2.53. The highest BCUT2D eigenvalue weighted by atomic mass is 35.5. The molecule has 5 unspecified atom stereocenters. The molecular weight excluding hydrogens is 293 g/mol. The molecule has 0 saturated carbocycles. The fourth-order valence-corrected chi connectivity index (χ4v) is 5.11. The Labute approximate surface area is 130 Å². The molecular formula is C16H19Cl2NO. The minimum atomic E-state index is 0.366. The predicted octanol–water partition coefficient (Wildman–Crippen LogP) is 3.96. The summed E-state index contributed by atoms with van der Waals surface area (Å²) in [5.74, 6) is 1.17. The molecule has 4 rings (SSSR count). The van der Waals surface area contributed by atoms with Crippen molar-refractivity contribution in [1.82, 2.24) is 4.90 Å². The Balaban J connectivity index is 1.72. The summed E-state index contributed by atoms with van der Waals surface area (Å²) >= 11 is 12.3. The van der Waals surface area contributed by atoms with Gasteiger partial charge in [0.2, 0.25) is 0 Å². The number of rotatable bonds is 2. The average molecular weight is 312 g/mol. The van der Waals surface area contributed by atoms with Crippen LogP contribution in [0.15, 0.2) is 18.2 Å². The Morgan fingerprint density at radius 2 is 2.05 bits per heavy atom. The van der Waals surface area contributed by atoms with Gasteiger partial charge in [0.25, 0.3) is 0 Å². The van der Waals surface area contributed by atoms with Crippen molar-refractivity contribution in [2.24, 2.45) is 5.92 Å². The van der Waals surface area contributed by atoms with Gasteiger partial charge in [-0.3, -0.25) is 4.90 Å². The summed E-state index contributed by atoms with van der Waals surface area (Å²) in [5, 5.41) is 1.32. The van der Waals surface area contributed by atoms with Crippen LogP contribution in [0.2, 0.25) is 10.0 Å². The second-order valence-corrected chi connectivity index (χ2v) is 7.18. The summed E-state index contributed by atoms with van der Waals surface area (Å²) in [5.41, 5.74) is 1.34. The van der Waals surface area contributed by atoms with E-state index in [1.807, 2.05) is 13.2 Å². The number of ether oxygens (including phenoxy) is 1. The molecule has 3 heterocycles. The number of halogens is 2. The number of benzene rings is 1. The van der Waals surface area contributed by atoms with Gasteiger partial charge >= 0.3 is 0 Å². The van der Waals surface area contributed by atoms with Gasteiger partial charge < -0.3 is 4.74 Å². The Hall–Kier alpha value is -0.280. The van der Waals surface area contributed by atoms with Crippen molar-refractivity contribution in [1.29, 1.82) is 0 Å². The fourth-order valence-electron chi connectivity index (χ4n) is 4.80. The molecule has 4 bridgehead atoms. The van der Waals surface area contributed by atoms with Crippen molar-refractivity contribution < 1.29 is 4.74 Å². The molecule has 3 saturated heterocycles. The van der Waals surface area contributed by atoms with E-state index >= 15 is 0 Å². The molecule has 0 aromatic heterocycles. The molecule has 0 N–H and O–H groups in total. The highest BCUT2D eigenvalue weighted by molar-refractivity contribution is 6.42. The van der Waals surface area contributed by atoms with Gasteiger partial charge in [0.15, 0.2) is 0 Å². The van der Waals surface area contributed by atoms with Gasteiger partial charge in [-0.15, -0.1) is 0 Å². The van der Waals surface area contributed by atoms with Gasteiger partial charge in [-0.25, -0.2) is 0 Å². The number of methoxy groups -OCH3 is 1. The van der Waals surface area contributed by atoms with Gasteiger partial charge in [0, 0.05) is 31.7 Å². The molecule has 0 radical (unpaired) electrons. The topological polar surface area (TPSA) is 12.5 Å². The van der Waals surface area contributed by atoms with Crippen LogP contribution in [0.3, 0.4) is 0 Å². The lowest BCUT2D eigenvalue weighted by Gasteiger charge is -2.38. The second-order valence-electron chi connectivity index (χ2n) is 6.36. The standard InChI is InChI=1S/C16H19Cl2NO/c1-20-15-8-19-10-3-5-14(19)16(15)11(7-10)9-2-4-12(17)13(18)6-9/h2,4,6,10-11,14-16H,3,5,7-8H2,1H3/t10?,11?,14?,15-,16?/m0/s1. The van der Waals surface area contributed by atoms with Gasteiger partial charge in [-0.1, -0.05) is 29.3 Å². The Morgan fingerprint density at radius 3 is 2.80 bits per heavy atom. The van der Waals surface area contributed by atoms with Crippen molar-refractivity contribution >= 4 is 23.2 Å². The van der Waals surface area contributed by atoms with Crippen LogP contribution in [0.1, 0.15) is 30.7 Å². The van der Waals surface area contributed by atoms with E-state index in [9.17, 15) is 0 Å². The molecule has 1 aromatic carbocycles. The molecule has 0 aliphatic carbocycles. The molecule has 3 aliphatic heterocycles. The first-order chi connectivity index (χ1) is 9.69. The summed E-state index contributed by atoms with van der Waals surface area (Å²) in [6, 6.07) is 7.59. The number of nitrogens with zero attached hydrogens (tertiary/aromatic N) is 1. The number of hydrogen-bond acceptors (Lipinski definition) is 2.